The summed E-state index contributed by atoms with van der Waals surface area (Å²) < 4.78 is 11.6. The Kier molecular flexibility index (Phi) is 5.71. The summed E-state index contributed by atoms with van der Waals surface area (Å²) in [6.45, 7) is 0.322. The molecule has 0 atom stereocenters. The van der Waals surface area contributed by atoms with E-state index < -0.39 is 0 Å². The lowest BCUT2D eigenvalue weighted by atomic mass is 10.1. The number of anilines is 1. The summed E-state index contributed by atoms with van der Waals surface area (Å²) in [5.41, 5.74) is 3.07. The van der Waals surface area contributed by atoms with Crippen molar-refractivity contribution in [1.82, 2.24) is 0 Å². The molecular formula is C24H19Cl2NO3. The fourth-order valence-corrected chi connectivity index (χ4v) is 3.51. The van der Waals surface area contributed by atoms with Crippen molar-refractivity contribution in [2.24, 2.45) is 0 Å². The molecule has 0 bridgehead atoms. The van der Waals surface area contributed by atoms with Crippen LogP contribution in [0.1, 0.15) is 21.5 Å². The van der Waals surface area contributed by atoms with E-state index >= 15 is 0 Å². The maximum absolute atomic E-state index is 12.7. The van der Waals surface area contributed by atoms with Gasteiger partial charge in [0.15, 0.2) is 5.76 Å². The van der Waals surface area contributed by atoms with E-state index in [1.165, 1.54) is 0 Å². The van der Waals surface area contributed by atoms with E-state index in [0.29, 0.717) is 39.3 Å². The van der Waals surface area contributed by atoms with E-state index in [9.17, 15) is 4.79 Å². The fraction of sp³-hybridized carbons (Fsp3) is 0.125. The monoisotopic (exact) mass is 439 g/mol. The predicted octanol–water partition coefficient (Wildman–Crippen LogP) is 6.25. The van der Waals surface area contributed by atoms with E-state index in [2.05, 4.69) is 0 Å². The van der Waals surface area contributed by atoms with Crippen molar-refractivity contribution in [3.8, 4) is 11.5 Å². The third-order valence-corrected chi connectivity index (χ3v) is 5.48. The second-order valence-corrected chi connectivity index (χ2v) is 7.89. The van der Waals surface area contributed by atoms with Crippen LogP contribution in [0.4, 0.5) is 5.69 Å². The van der Waals surface area contributed by atoms with Gasteiger partial charge in [0.05, 0.1) is 5.56 Å². The molecule has 152 valence electrons. The number of carbonyl (C=O) groups excluding carboxylic acids is 1. The molecule has 0 fully saturated rings. The molecule has 30 heavy (non-hydrogen) atoms. The Balaban J connectivity index is 1.53. The fourth-order valence-electron chi connectivity index (χ4n) is 3.09. The average Bonchev–Trinajstić information content (AvgIpc) is 3.03. The van der Waals surface area contributed by atoms with Crippen LogP contribution in [0.2, 0.25) is 10.0 Å². The van der Waals surface area contributed by atoms with Crippen LogP contribution in [0, 0.1) is 0 Å². The first-order chi connectivity index (χ1) is 14.4. The number of hydrogen-bond donors (Lipinski definition) is 0. The largest absolute Gasteiger partial charge is 0.489 e. The third kappa shape index (κ3) is 4.16. The lowest BCUT2D eigenvalue weighted by Crippen LogP contribution is -2.08. The van der Waals surface area contributed by atoms with E-state index in [4.69, 9.17) is 32.7 Å². The lowest BCUT2D eigenvalue weighted by Gasteiger charge is -2.13. The Morgan fingerprint density at radius 1 is 1.00 bits per heavy atom. The number of fused-ring (bicyclic) bond motifs is 1. The maximum Gasteiger partial charge on any atom is 0.231 e. The van der Waals surface area contributed by atoms with Gasteiger partial charge in [-0.2, -0.15) is 0 Å². The van der Waals surface area contributed by atoms with Crippen molar-refractivity contribution < 1.29 is 14.3 Å². The highest BCUT2D eigenvalue weighted by atomic mass is 35.5. The zero-order chi connectivity index (χ0) is 21.3. The second kappa shape index (κ2) is 8.42. The standard InChI is InChI=1S/C24H19Cl2NO3/c1-27(2)17-8-7-15(21(26)12-17)11-23-24(28)19-10-9-18(13-22(19)30-23)29-14-16-5-3-4-6-20(16)25/h3-13H,14H2,1-2H3/b23-11-. The number of Topliss-reactive ketones (excluding diaryl/α,β-unsaturated/α-hetero) is 1. The molecule has 0 unspecified atom stereocenters. The summed E-state index contributed by atoms with van der Waals surface area (Å²) in [5, 5.41) is 1.19. The summed E-state index contributed by atoms with van der Waals surface area (Å²) in [4.78, 5) is 14.7. The van der Waals surface area contributed by atoms with Gasteiger partial charge in [0.25, 0.3) is 0 Å². The summed E-state index contributed by atoms with van der Waals surface area (Å²) >= 11 is 12.5. The minimum atomic E-state index is -0.185. The number of benzene rings is 3. The van der Waals surface area contributed by atoms with Gasteiger partial charge in [0, 0.05) is 41.5 Å². The van der Waals surface area contributed by atoms with Crippen LogP contribution in [0.15, 0.2) is 66.4 Å². The number of ketones is 1. The quantitative estimate of drug-likeness (QED) is 0.440. The van der Waals surface area contributed by atoms with Crippen LogP contribution < -0.4 is 14.4 Å². The molecule has 0 aliphatic carbocycles. The normalized spacial score (nSPS) is 13.9. The molecule has 6 heteroatoms. The van der Waals surface area contributed by atoms with Gasteiger partial charge < -0.3 is 14.4 Å². The van der Waals surface area contributed by atoms with Gasteiger partial charge in [-0.15, -0.1) is 0 Å². The van der Waals surface area contributed by atoms with Gasteiger partial charge in [-0.1, -0.05) is 47.5 Å². The molecule has 0 amide bonds. The summed E-state index contributed by atoms with van der Waals surface area (Å²) in [6, 6.07) is 18.3. The Morgan fingerprint density at radius 2 is 1.80 bits per heavy atom. The van der Waals surface area contributed by atoms with Crippen molar-refractivity contribution in [3.05, 3.63) is 93.2 Å². The smallest absolute Gasteiger partial charge is 0.231 e. The number of nitrogens with zero attached hydrogens (tertiary/aromatic N) is 1. The molecule has 4 rings (SSSR count). The number of halogens is 2. The molecule has 0 N–H and O–H groups in total. The highest BCUT2D eigenvalue weighted by Gasteiger charge is 2.28. The van der Waals surface area contributed by atoms with Gasteiger partial charge in [0.2, 0.25) is 5.78 Å². The first-order valence-corrected chi connectivity index (χ1v) is 10.1. The van der Waals surface area contributed by atoms with E-state index in [-0.39, 0.29) is 11.5 Å². The van der Waals surface area contributed by atoms with Crippen LogP contribution in [0.5, 0.6) is 11.5 Å². The first-order valence-electron chi connectivity index (χ1n) is 9.34. The minimum absolute atomic E-state index is 0.185. The molecule has 0 spiro atoms. The van der Waals surface area contributed by atoms with Crippen molar-refractivity contribution >= 4 is 40.7 Å². The van der Waals surface area contributed by atoms with Gasteiger partial charge in [-0.05, 0) is 42.0 Å². The van der Waals surface area contributed by atoms with Gasteiger partial charge in [-0.3, -0.25) is 4.79 Å². The SMILES string of the molecule is CN(C)c1ccc(/C=C2\Oc3cc(OCc4ccccc4Cl)ccc3C2=O)c(Cl)c1. The van der Waals surface area contributed by atoms with Gasteiger partial charge in [0.1, 0.15) is 18.1 Å². The Hall–Kier alpha value is -2.95. The predicted molar refractivity (Wildman–Crippen MR) is 121 cm³/mol. The third-order valence-electron chi connectivity index (χ3n) is 4.78. The molecule has 3 aromatic carbocycles. The molecule has 3 aromatic rings. The molecule has 0 saturated heterocycles. The first kappa shape index (κ1) is 20.3. The highest BCUT2D eigenvalue weighted by Crippen LogP contribution is 2.36. The van der Waals surface area contributed by atoms with E-state index in [1.807, 2.05) is 61.5 Å². The van der Waals surface area contributed by atoms with Gasteiger partial charge in [-0.25, -0.2) is 0 Å². The molecular weight excluding hydrogens is 421 g/mol. The van der Waals surface area contributed by atoms with Crippen molar-refractivity contribution in [1.29, 1.82) is 0 Å². The Morgan fingerprint density at radius 3 is 2.53 bits per heavy atom. The molecule has 0 aromatic heterocycles. The number of ether oxygens (including phenoxy) is 2. The Labute approximate surface area is 185 Å². The molecule has 1 aliphatic rings. The Bertz CT molecular complexity index is 1150. The molecule has 0 saturated carbocycles. The van der Waals surface area contributed by atoms with Gasteiger partial charge >= 0.3 is 0 Å². The zero-order valence-corrected chi connectivity index (χ0v) is 18.0. The van der Waals surface area contributed by atoms with Crippen LogP contribution in [0.3, 0.4) is 0 Å². The minimum Gasteiger partial charge on any atom is -0.489 e. The molecule has 1 heterocycles. The topological polar surface area (TPSA) is 38.8 Å². The zero-order valence-electron chi connectivity index (χ0n) is 16.5. The number of allylic oxidation sites excluding steroid dienone is 1. The average molecular weight is 440 g/mol. The second-order valence-electron chi connectivity index (χ2n) is 7.08. The van der Waals surface area contributed by atoms with Crippen molar-refractivity contribution in [3.63, 3.8) is 0 Å². The van der Waals surface area contributed by atoms with Crippen molar-refractivity contribution in [2.45, 2.75) is 6.61 Å². The molecule has 4 nitrogen and oxygen atoms in total. The molecule has 1 aliphatic heterocycles. The van der Waals surface area contributed by atoms with Crippen LogP contribution in [0.25, 0.3) is 6.08 Å². The van der Waals surface area contributed by atoms with Crippen LogP contribution >= 0.6 is 23.2 Å². The van der Waals surface area contributed by atoms with Crippen molar-refractivity contribution in [2.75, 3.05) is 19.0 Å². The lowest BCUT2D eigenvalue weighted by molar-refractivity contribution is 0.101. The number of rotatable bonds is 5. The molecule has 0 radical (unpaired) electrons. The number of hydrogen-bond acceptors (Lipinski definition) is 4. The highest BCUT2D eigenvalue weighted by molar-refractivity contribution is 6.32. The van der Waals surface area contributed by atoms with E-state index in [0.717, 1.165) is 11.3 Å². The van der Waals surface area contributed by atoms with Crippen LogP contribution in [-0.4, -0.2) is 19.9 Å². The number of carbonyl (C=O) groups is 1. The van der Waals surface area contributed by atoms with E-state index in [1.54, 1.807) is 24.3 Å². The summed E-state index contributed by atoms with van der Waals surface area (Å²) in [5.74, 6) is 1.10. The maximum atomic E-state index is 12.7. The summed E-state index contributed by atoms with van der Waals surface area (Å²) in [7, 11) is 3.88. The van der Waals surface area contributed by atoms with Crippen LogP contribution in [-0.2, 0) is 6.61 Å². The summed E-state index contributed by atoms with van der Waals surface area (Å²) in [6.07, 6.45) is 1.66.